The molecule has 0 bridgehead atoms. The largest absolute Gasteiger partial charge is 0.495 e. The van der Waals surface area contributed by atoms with Gasteiger partial charge >= 0.3 is 0 Å². The normalized spacial score (nSPS) is 17.9. The van der Waals surface area contributed by atoms with Crippen LogP contribution in [0, 0.1) is 0 Å². The van der Waals surface area contributed by atoms with Gasteiger partial charge in [-0.1, -0.05) is 15.9 Å². The molecule has 21 heavy (non-hydrogen) atoms. The number of rotatable bonds is 4. The van der Waals surface area contributed by atoms with Crippen molar-refractivity contribution < 1.29 is 13.2 Å². The van der Waals surface area contributed by atoms with Crippen molar-refractivity contribution in [2.75, 3.05) is 39.5 Å². The van der Waals surface area contributed by atoms with E-state index >= 15 is 0 Å². The summed E-state index contributed by atoms with van der Waals surface area (Å²) < 4.78 is 31.9. The Bertz CT molecular complexity index is 614. The minimum Gasteiger partial charge on any atom is -0.495 e. The molecule has 5 nitrogen and oxygen atoms in total. The minimum absolute atomic E-state index is 0.538. The van der Waals surface area contributed by atoms with E-state index < -0.39 is 10.0 Å². The van der Waals surface area contributed by atoms with E-state index in [1.165, 1.54) is 10.6 Å². The van der Waals surface area contributed by atoms with Crippen molar-refractivity contribution >= 4 is 41.9 Å². The first-order valence-electron chi connectivity index (χ1n) is 6.50. The van der Waals surface area contributed by atoms with E-state index in [4.69, 9.17) is 4.74 Å². The zero-order valence-electron chi connectivity index (χ0n) is 12.0. The van der Waals surface area contributed by atoms with Crippen LogP contribution in [0.4, 0.5) is 0 Å². The van der Waals surface area contributed by atoms with Gasteiger partial charge in [0.2, 0.25) is 10.0 Å². The molecule has 8 heteroatoms. The van der Waals surface area contributed by atoms with Crippen LogP contribution in [0.1, 0.15) is 5.56 Å². The lowest BCUT2D eigenvalue weighted by Crippen LogP contribution is -2.47. The zero-order chi connectivity index (χ0) is 15.6. The van der Waals surface area contributed by atoms with Crippen molar-refractivity contribution in [1.82, 2.24) is 9.21 Å². The van der Waals surface area contributed by atoms with Gasteiger partial charge < -0.3 is 4.74 Å². The fraction of sp³-hybridized carbons (Fsp3) is 0.538. The molecular formula is C13H18Br2N2O3S. The summed E-state index contributed by atoms with van der Waals surface area (Å²) >= 11 is 6.98. The maximum atomic E-state index is 11.5. The van der Waals surface area contributed by atoms with Crippen LogP contribution < -0.4 is 4.74 Å². The average Bonchev–Trinajstić information content (AvgIpc) is 2.38. The van der Waals surface area contributed by atoms with Crippen molar-refractivity contribution in [2.24, 2.45) is 0 Å². The van der Waals surface area contributed by atoms with Crippen molar-refractivity contribution in [3.8, 4) is 5.75 Å². The zero-order valence-corrected chi connectivity index (χ0v) is 16.0. The first-order valence-corrected chi connectivity index (χ1v) is 9.94. The molecule has 0 amide bonds. The standard InChI is InChI=1S/C13H18Br2N2O3S/c1-20-13-10(7-11(14)8-12(13)15)9-16-3-5-17(6-4-16)21(2,18)19/h7-8H,3-6,9H2,1-2H3. The number of hydrogen-bond donors (Lipinski definition) is 0. The molecule has 1 aromatic rings. The second kappa shape index (κ2) is 6.95. The summed E-state index contributed by atoms with van der Waals surface area (Å²) in [7, 11) is -1.43. The van der Waals surface area contributed by atoms with Crippen LogP contribution in [-0.2, 0) is 16.6 Å². The minimum atomic E-state index is -3.08. The molecule has 0 aliphatic carbocycles. The molecule has 2 rings (SSSR count). The van der Waals surface area contributed by atoms with E-state index in [-0.39, 0.29) is 0 Å². The number of nitrogens with zero attached hydrogens (tertiary/aromatic N) is 2. The van der Waals surface area contributed by atoms with Crippen LogP contribution in [0.5, 0.6) is 5.75 Å². The molecule has 1 saturated heterocycles. The highest BCUT2D eigenvalue weighted by Crippen LogP contribution is 2.33. The molecule has 0 aromatic heterocycles. The predicted octanol–water partition coefficient (Wildman–Crippen LogP) is 2.30. The topological polar surface area (TPSA) is 49.9 Å². The smallest absolute Gasteiger partial charge is 0.211 e. The molecule has 1 heterocycles. The Labute approximate surface area is 142 Å². The summed E-state index contributed by atoms with van der Waals surface area (Å²) in [6.07, 6.45) is 1.26. The van der Waals surface area contributed by atoms with Crippen molar-refractivity contribution in [1.29, 1.82) is 0 Å². The summed E-state index contributed by atoms with van der Waals surface area (Å²) in [5, 5.41) is 0. The Kier molecular flexibility index (Phi) is 5.70. The molecule has 0 unspecified atom stereocenters. The Morgan fingerprint density at radius 2 is 1.81 bits per heavy atom. The molecule has 0 spiro atoms. The lowest BCUT2D eigenvalue weighted by molar-refractivity contribution is 0.180. The van der Waals surface area contributed by atoms with Crippen LogP contribution in [0.25, 0.3) is 0 Å². The number of benzene rings is 1. The van der Waals surface area contributed by atoms with Gasteiger partial charge in [0.25, 0.3) is 0 Å². The first kappa shape index (κ1) is 17.2. The molecule has 0 saturated carbocycles. The summed E-state index contributed by atoms with van der Waals surface area (Å²) in [6.45, 7) is 3.26. The first-order chi connectivity index (χ1) is 9.81. The van der Waals surface area contributed by atoms with Gasteiger partial charge in [0.1, 0.15) is 5.75 Å². The van der Waals surface area contributed by atoms with Gasteiger partial charge in [-0.25, -0.2) is 8.42 Å². The summed E-state index contributed by atoms with van der Waals surface area (Å²) in [6, 6.07) is 3.98. The molecule has 1 fully saturated rings. The third-order valence-electron chi connectivity index (χ3n) is 3.48. The number of hydrogen-bond acceptors (Lipinski definition) is 4. The van der Waals surface area contributed by atoms with Crippen LogP contribution in [-0.4, -0.2) is 57.2 Å². The Balaban J connectivity index is 2.07. The van der Waals surface area contributed by atoms with Gasteiger partial charge in [0.05, 0.1) is 17.8 Å². The van der Waals surface area contributed by atoms with Gasteiger partial charge in [0, 0.05) is 42.8 Å². The van der Waals surface area contributed by atoms with Crippen LogP contribution in [0.3, 0.4) is 0 Å². The fourth-order valence-corrected chi connectivity index (χ4v) is 4.72. The molecule has 0 N–H and O–H groups in total. The molecule has 118 valence electrons. The van der Waals surface area contributed by atoms with Gasteiger partial charge in [-0.15, -0.1) is 0 Å². The average molecular weight is 442 g/mol. The SMILES string of the molecule is COc1c(Br)cc(Br)cc1CN1CCN(S(C)(=O)=O)CC1. The van der Waals surface area contributed by atoms with Gasteiger partial charge in [-0.05, 0) is 28.1 Å². The third kappa shape index (κ3) is 4.41. The second-order valence-corrected chi connectivity index (χ2v) is 8.77. The molecule has 0 radical (unpaired) electrons. The monoisotopic (exact) mass is 440 g/mol. The molecule has 1 aliphatic heterocycles. The van der Waals surface area contributed by atoms with E-state index in [9.17, 15) is 8.42 Å². The van der Waals surface area contributed by atoms with Crippen molar-refractivity contribution in [3.05, 3.63) is 26.6 Å². The fourth-order valence-electron chi connectivity index (χ4n) is 2.42. The molecular weight excluding hydrogens is 424 g/mol. The molecule has 1 aliphatic rings. The quantitative estimate of drug-likeness (QED) is 0.719. The predicted molar refractivity (Wildman–Crippen MR) is 90.1 cm³/mol. The second-order valence-electron chi connectivity index (χ2n) is 5.02. The van der Waals surface area contributed by atoms with E-state index in [2.05, 4.69) is 36.8 Å². The van der Waals surface area contributed by atoms with Crippen LogP contribution in [0.2, 0.25) is 0 Å². The Morgan fingerprint density at radius 1 is 1.19 bits per heavy atom. The maximum Gasteiger partial charge on any atom is 0.211 e. The molecule has 0 atom stereocenters. The summed E-state index contributed by atoms with van der Waals surface area (Å²) in [4.78, 5) is 2.23. The van der Waals surface area contributed by atoms with Gasteiger partial charge in [0.15, 0.2) is 0 Å². The van der Waals surface area contributed by atoms with Crippen molar-refractivity contribution in [3.63, 3.8) is 0 Å². The number of ether oxygens (including phenoxy) is 1. The van der Waals surface area contributed by atoms with E-state index in [0.29, 0.717) is 13.1 Å². The summed E-state index contributed by atoms with van der Waals surface area (Å²) in [5.74, 6) is 0.823. The lowest BCUT2D eigenvalue weighted by atomic mass is 10.1. The summed E-state index contributed by atoms with van der Waals surface area (Å²) in [5.41, 5.74) is 1.08. The number of methoxy groups -OCH3 is 1. The third-order valence-corrected chi connectivity index (χ3v) is 5.83. The molecule has 1 aromatic carbocycles. The van der Waals surface area contributed by atoms with E-state index in [0.717, 1.165) is 39.9 Å². The van der Waals surface area contributed by atoms with E-state index in [1.54, 1.807) is 7.11 Å². The Hall–Kier alpha value is -0.150. The van der Waals surface area contributed by atoms with Gasteiger partial charge in [-0.3, -0.25) is 4.90 Å². The van der Waals surface area contributed by atoms with Crippen LogP contribution >= 0.6 is 31.9 Å². The van der Waals surface area contributed by atoms with Crippen molar-refractivity contribution in [2.45, 2.75) is 6.54 Å². The number of piperazine rings is 1. The highest BCUT2D eigenvalue weighted by Gasteiger charge is 2.24. The number of sulfonamides is 1. The highest BCUT2D eigenvalue weighted by molar-refractivity contribution is 9.11. The van der Waals surface area contributed by atoms with E-state index in [1.807, 2.05) is 12.1 Å². The Morgan fingerprint density at radius 3 is 2.33 bits per heavy atom. The van der Waals surface area contributed by atoms with Crippen LogP contribution in [0.15, 0.2) is 21.1 Å². The highest BCUT2D eigenvalue weighted by atomic mass is 79.9. The van der Waals surface area contributed by atoms with Gasteiger partial charge in [-0.2, -0.15) is 4.31 Å². The maximum absolute atomic E-state index is 11.5. The number of halogens is 2. The lowest BCUT2D eigenvalue weighted by Gasteiger charge is -2.33.